The van der Waals surface area contributed by atoms with Gasteiger partial charge >= 0.3 is 0 Å². The van der Waals surface area contributed by atoms with Crippen molar-refractivity contribution >= 4 is 33.9 Å². The second-order valence-electron chi connectivity index (χ2n) is 7.86. The summed E-state index contributed by atoms with van der Waals surface area (Å²) in [5, 5.41) is 3.15. The summed E-state index contributed by atoms with van der Waals surface area (Å²) in [7, 11) is 7.47. The van der Waals surface area contributed by atoms with Crippen molar-refractivity contribution in [2.75, 3.05) is 57.3 Å². The fraction of sp³-hybridized carbons (Fsp3) is 0.280. The van der Waals surface area contributed by atoms with Crippen molar-refractivity contribution in [2.24, 2.45) is 6.98 Å². The fourth-order valence-corrected chi connectivity index (χ4v) is 3.48. The largest absolute Gasteiger partial charge is 0.494 e. The first-order valence-corrected chi connectivity index (χ1v) is 10.3. The van der Waals surface area contributed by atoms with Gasteiger partial charge in [-0.15, -0.1) is 0 Å². The third-order valence-corrected chi connectivity index (χ3v) is 5.26. The maximum absolute atomic E-state index is 8.47. The van der Waals surface area contributed by atoms with E-state index >= 15 is 0 Å². The van der Waals surface area contributed by atoms with E-state index in [1.807, 2.05) is 32.1 Å². The van der Waals surface area contributed by atoms with Crippen LogP contribution >= 0.6 is 0 Å². The topological polar surface area (TPSA) is 84.5 Å². The standard InChI is InChI=1S/C25H31N7O/c1-30(2)12-13-31(3)23-15-24(33-5)21(14-19(23)26)29-25-27-11-10-20(28-25)18-16-32(4)22-9-7-6-8-17(18)22/h6-11,14-16H,12-13,26H2,1-5H3,(H,27,28,29)/i4D3,6D,7D,8D,9D. The summed E-state index contributed by atoms with van der Waals surface area (Å²) < 4.78 is 63.2. The van der Waals surface area contributed by atoms with Gasteiger partial charge < -0.3 is 30.2 Å². The average molecular weight is 453 g/mol. The van der Waals surface area contributed by atoms with Crippen LogP contribution in [0, 0.1) is 0 Å². The van der Waals surface area contributed by atoms with Crippen LogP contribution in [0.2, 0.25) is 0 Å². The molecule has 3 N–H and O–H groups in total. The summed E-state index contributed by atoms with van der Waals surface area (Å²) in [6.07, 6.45) is 2.74. The first kappa shape index (κ1) is 15.1. The van der Waals surface area contributed by atoms with Crippen LogP contribution in [0.3, 0.4) is 0 Å². The second kappa shape index (κ2) is 9.38. The number of nitrogens with one attached hydrogen (secondary N) is 1. The maximum Gasteiger partial charge on any atom is 0.227 e. The minimum Gasteiger partial charge on any atom is -0.494 e. The Kier molecular flexibility index (Phi) is 4.30. The number of para-hydroxylation sites is 1. The third kappa shape index (κ3) is 4.70. The molecule has 172 valence electrons. The molecule has 2 aromatic carbocycles. The van der Waals surface area contributed by atoms with Gasteiger partial charge in [0.05, 0.1) is 35.3 Å². The summed E-state index contributed by atoms with van der Waals surface area (Å²) in [6, 6.07) is 3.29. The number of nitrogens with zero attached hydrogens (tertiary/aromatic N) is 5. The molecule has 0 bridgehead atoms. The van der Waals surface area contributed by atoms with E-state index in [1.54, 1.807) is 12.1 Å². The van der Waals surface area contributed by atoms with Crippen molar-refractivity contribution in [1.29, 1.82) is 0 Å². The third-order valence-electron chi connectivity index (χ3n) is 5.26. The van der Waals surface area contributed by atoms with Crippen LogP contribution in [0.1, 0.15) is 9.60 Å². The Morgan fingerprint density at radius 3 is 2.79 bits per heavy atom. The van der Waals surface area contributed by atoms with Gasteiger partial charge in [-0.3, -0.25) is 0 Å². The smallest absolute Gasteiger partial charge is 0.227 e. The number of anilines is 4. The van der Waals surface area contributed by atoms with Crippen LogP contribution in [0.25, 0.3) is 22.2 Å². The van der Waals surface area contributed by atoms with Gasteiger partial charge in [-0.2, -0.15) is 0 Å². The molecule has 0 fully saturated rings. The monoisotopic (exact) mass is 452 g/mol. The molecule has 2 aromatic heterocycles. The van der Waals surface area contributed by atoms with Gasteiger partial charge in [0.25, 0.3) is 0 Å². The number of hydrogen-bond acceptors (Lipinski definition) is 7. The normalized spacial score (nSPS) is 14.6. The summed E-state index contributed by atoms with van der Waals surface area (Å²) in [5.74, 6) is 0.655. The van der Waals surface area contributed by atoms with Crippen molar-refractivity contribution in [3.63, 3.8) is 0 Å². The molecule has 0 saturated carbocycles. The highest BCUT2D eigenvalue weighted by Gasteiger charge is 2.15. The molecule has 0 atom stereocenters. The SMILES string of the molecule is [2H]c1c([2H])c([2H])c2c(c(-c3ccnc(Nc4cc(N)c(N(C)CCN(C)C)cc4OC)n3)cn2C([2H])([2H])[2H])c1[2H]. The lowest BCUT2D eigenvalue weighted by atomic mass is 10.1. The van der Waals surface area contributed by atoms with Crippen molar-refractivity contribution in [1.82, 2.24) is 19.4 Å². The summed E-state index contributed by atoms with van der Waals surface area (Å²) in [6.45, 7) is -1.10. The highest BCUT2D eigenvalue weighted by Crippen LogP contribution is 2.36. The lowest BCUT2D eigenvalue weighted by Crippen LogP contribution is -2.29. The number of fused-ring (bicyclic) bond motifs is 1. The fourth-order valence-electron chi connectivity index (χ4n) is 3.48. The van der Waals surface area contributed by atoms with E-state index in [0.29, 0.717) is 17.1 Å². The molecule has 0 aliphatic carbocycles. The first-order chi connectivity index (χ1) is 18.7. The van der Waals surface area contributed by atoms with E-state index < -0.39 is 25.1 Å². The Morgan fingerprint density at radius 1 is 1.21 bits per heavy atom. The number of rotatable bonds is 8. The number of hydrogen-bond donors (Lipinski definition) is 2. The Labute approximate surface area is 204 Å². The number of methoxy groups -OCH3 is 1. The Balaban J connectivity index is 1.78. The number of aryl methyl sites for hydroxylation is 1. The van der Waals surface area contributed by atoms with Crippen LogP contribution in [-0.2, 0) is 6.98 Å². The average Bonchev–Trinajstić information content (AvgIpc) is 3.31. The molecule has 4 aromatic rings. The minimum absolute atomic E-state index is 0.0544. The second-order valence-corrected chi connectivity index (χ2v) is 7.86. The Bertz CT molecular complexity index is 1570. The van der Waals surface area contributed by atoms with Crippen molar-refractivity contribution in [2.45, 2.75) is 0 Å². The zero-order valence-electron chi connectivity index (χ0n) is 26.0. The van der Waals surface area contributed by atoms with Gasteiger partial charge in [0, 0.05) is 66.2 Å². The molecule has 0 aliphatic rings. The molecule has 0 spiro atoms. The molecule has 33 heavy (non-hydrogen) atoms. The van der Waals surface area contributed by atoms with Crippen LogP contribution in [-0.4, -0.2) is 60.8 Å². The predicted molar refractivity (Wildman–Crippen MR) is 136 cm³/mol. The van der Waals surface area contributed by atoms with E-state index in [9.17, 15) is 0 Å². The molecule has 4 rings (SSSR count). The Hall–Kier alpha value is -3.78. The molecule has 0 unspecified atom stereocenters. The Morgan fingerprint density at radius 2 is 2.03 bits per heavy atom. The molecule has 0 aliphatic heterocycles. The van der Waals surface area contributed by atoms with Crippen LogP contribution < -0.4 is 20.7 Å². The lowest BCUT2D eigenvalue weighted by molar-refractivity contribution is 0.413. The van der Waals surface area contributed by atoms with E-state index in [1.165, 1.54) is 19.5 Å². The van der Waals surface area contributed by atoms with Crippen LogP contribution in [0.4, 0.5) is 23.0 Å². The van der Waals surface area contributed by atoms with E-state index in [0.717, 1.165) is 23.3 Å². The lowest BCUT2D eigenvalue weighted by Gasteiger charge is -2.24. The summed E-state index contributed by atoms with van der Waals surface area (Å²) >= 11 is 0. The van der Waals surface area contributed by atoms with Gasteiger partial charge in [-0.25, -0.2) is 9.97 Å². The quantitative estimate of drug-likeness (QED) is 0.391. The maximum atomic E-state index is 8.47. The number of nitrogens with two attached hydrogens (primary N) is 1. The number of ether oxygens (including phenoxy) is 1. The van der Waals surface area contributed by atoms with Crippen molar-refractivity contribution < 1.29 is 14.3 Å². The number of nitrogen functional groups attached to an aromatic ring is 1. The number of benzene rings is 2. The van der Waals surface area contributed by atoms with Crippen molar-refractivity contribution in [3.8, 4) is 17.0 Å². The number of aromatic nitrogens is 3. The molecule has 2 heterocycles. The minimum atomic E-state index is -2.69. The highest BCUT2D eigenvalue weighted by atomic mass is 16.5. The van der Waals surface area contributed by atoms with Crippen molar-refractivity contribution in [3.05, 3.63) is 54.8 Å². The van der Waals surface area contributed by atoms with Gasteiger partial charge in [0.15, 0.2) is 0 Å². The zero-order valence-corrected chi connectivity index (χ0v) is 19.0. The molecule has 8 heteroatoms. The molecular weight excluding hydrogens is 414 g/mol. The highest BCUT2D eigenvalue weighted by molar-refractivity contribution is 5.95. The molecule has 0 radical (unpaired) electrons. The molecule has 0 saturated heterocycles. The molecular formula is C25H31N7O. The van der Waals surface area contributed by atoms with E-state index in [2.05, 4.69) is 20.2 Å². The van der Waals surface area contributed by atoms with E-state index in [-0.39, 0.29) is 34.2 Å². The van der Waals surface area contributed by atoms with Gasteiger partial charge in [0.1, 0.15) is 5.75 Å². The van der Waals surface area contributed by atoms with Gasteiger partial charge in [-0.1, -0.05) is 18.1 Å². The zero-order chi connectivity index (χ0) is 29.5. The van der Waals surface area contributed by atoms with Gasteiger partial charge in [-0.05, 0) is 32.3 Å². The summed E-state index contributed by atoms with van der Waals surface area (Å²) in [4.78, 5) is 12.9. The molecule has 8 nitrogen and oxygen atoms in total. The summed E-state index contributed by atoms with van der Waals surface area (Å²) in [5.41, 5.74) is 8.56. The number of likely N-dealkylation sites (N-methyl/N-ethyl adjacent to an activating group) is 2. The van der Waals surface area contributed by atoms with Gasteiger partial charge in [0.2, 0.25) is 5.95 Å². The predicted octanol–water partition coefficient (Wildman–Crippen LogP) is 3.97. The molecule has 0 amide bonds. The van der Waals surface area contributed by atoms with Crippen LogP contribution in [0.15, 0.2) is 54.8 Å². The van der Waals surface area contributed by atoms with Crippen LogP contribution in [0.5, 0.6) is 5.75 Å². The first-order valence-electron chi connectivity index (χ1n) is 13.8. The van der Waals surface area contributed by atoms with E-state index in [4.69, 9.17) is 20.1 Å².